The van der Waals surface area contributed by atoms with Crippen LogP contribution < -0.4 is 5.73 Å². The summed E-state index contributed by atoms with van der Waals surface area (Å²) in [7, 11) is 4.33. The van der Waals surface area contributed by atoms with Crippen LogP contribution in [0.4, 0.5) is 0 Å². The molecule has 0 aromatic heterocycles. The lowest BCUT2D eigenvalue weighted by Crippen LogP contribution is -2.63. The second-order valence-corrected chi connectivity index (χ2v) is 7.43. The Balaban J connectivity index is 2.52. The third kappa shape index (κ3) is 1.36. The Hall–Kier alpha value is -0.120. The van der Waals surface area contributed by atoms with Gasteiger partial charge in [-0.15, -0.1) is 0 Å². The highest BCUT2D eigenvalue weighted by Crippen LogP contribution is 2.72. The van der Waals surface area contributed by atoms with E-state index in [1.54, 1.807) is 0 Å². The number of nitrogens with two attached hydrogens (primary N) is 1. The van der Waals surface area contributed by atoms with Crippen LogP contribution in [0.2, 0.25) is 0 Å². The molecule has 2 rings (SSSR count). The molecule has 2 fully saturated rings. The molecular formula is C15H30N2O. The molecule has 0 unspecified atom stereocenters. The summed E-state index contributed by atoms with van der Waals surface area (Å²) in [6.07, 6.45) is 3.78. The molecule has 2 bridgehead atoms. The fourth-order valence-electron chi connectivity index (χ4n) is 5.41. The van der Waals surface area contributed by atoms with Gasteiger partial charge in [0.05, 0.1) is 0 Å². The van der Waals surface area contributed by atoms with Crippen molar-refractivity contribution in [2.24, 2.45) is 28.4 Å². The van der Waals surface area contributed by atoms with E-state index in [2.05, 4.69) is 39.8 Å². The Kier molecular flexibility index (Phi) is 3.33. The van der Waals surface area contributed by atoms with Crippen molar-refractivity contribution in [1.82, 2.24) is 4.90 Å². The van der Waals surface area contributed by atoms with Crippen LogP contribution in [0.25, 0.3) is 0 Å². The Bertz CT molecular complexity index is 324. The minimum absolute atomic E-state index is 0.0584. The summed E-state index contributed by atoms with van der Waals surface area (Å²) < 4.78 is 0. The maximum atomic E-state index is 9.81. The largest absolute Gasteiger partial charge is 0.396 e. The van der Waals surface area contributed by atoms with Gasteiger partial charge in [-0.05, 0) is 56.7 Å². The van der Waals surface area contributed by atoms with Gasteiger partial charge in [-0.3, -0.25) is 0 Å². The lowest BCUT2D eigenvalue weighted by atomic mass is 9.58. The number of nitrogens with zero attached hydrogens (tertiary/aromatic N) is 1. The smallest absolute Gasteiger partial charge is 0.0489 e. The number of hydrogen-bond acceptors (Lipinski definition) is 3. The minimum atomic E-state index is 0.0584. The van der Waals surface area contributed by atoms with Gasteiger partial charge in [-0.2, -0.15) is 0 Å². The fourth-order valence-corrected chi connectivity index (χ4v) is 5.41. The van der Waals surface area contributed by atoms with Crippen molar-refractivity contribution in [3.05, 3.63) is 0 Å². The average Bonchev–Trinajstić information content (AvgIpc) is 2.62. The first kappa shape index (κ1) is 14.3. The Morgan fingerprint density at radius 2 is 1.94 bits per heavy atom. The van der Waals surface area contributed by atoms with Gasteiger partial charge in [0.2, 0.25) is 0 Å². The van der Waals surface area contributed by atoms with Crippen molar-refractivity contribution < 1.29 is 5.11 Å². The van der Waals surface area contributed by atoms with Gasteiger partial charge < -0.3 is 15.7 Å². The van der Waals surface area contributed by atoms with E-state index in [0.29, 0.717) is 12.0 Å². The predicted molar refractivity (Wildman–Crippen MR) is 75.3 cm³/mol. The summed E-state index contributed by atoms with van der Waals surface area (Å²) >= 11 is 0. The van der Waals surface area contributed by atoms with Crippen molar-refractivity contribution in [3.8, 4) is 0 Å². The highest BCUT2D eigenvalue weighted by atomic mass is 16.3. The molecule has 0 aromatic rings. The van der Waals surface area contributed by atoms with Crippen LogP contribution in [-0.2, 0) is 0 Å². The molecule has 3 nitrogen and oxygen atoms in total. The van der Waals surface area contributed by atoms with Gasteiger partial charge in [-0.1, -0.05) is 20.8 Å². The standard InChI is InChI=1S/C15H30N2O/c1-13(2)11-6-7-14(13,3)15(8-11,17(4)5)12(9-16)10-18/h11-12,18H,6-10,16H2,1-5H3/t11-,12+,14-,15-/m0/s1. The van der Waals surface area contributed by atoms with Crippen molar-refractivity contribution in [1.29, 1.82) is 0 Å². The molecule has 0 aliphatic heterocycles. The molecule has 2 aliphatic rings. The zero-order chi connectivity index (χ0) is 13.8. The van der Waals surface area contributed by atoms with Gasteiger partial charge in [0.15, 0.2) is 0 Å². The zero-order valence-corrected chi connectivity index (χ0v) is 12.7. The van der Waals surface area contributed by atoms with Crippen LogP contribution in [-0.4, -0.2) is 42.8 Å². The van der Waals surface area contributed by atoms with Crippen LogP contribution >= 0.6 is 0 Å². The fraction of sp³-hybridized carbons (Fsp3) is 1.00. The van der Waals surface area contributed by atoms with E-state index in [9.17, 15) is 5.11 Å². The van der Waals surface area contributed by atoms with Crippen LogP contribution in [0, 0.1) is 22.7 Å². The number of aliphatic hydroxyl groups excluding tert-OH is 1. The van der Waals surface area contributed by atoms with Gasteiger partial charge in [0.1, 0.15) is 0 Å². The second-order valence-electron chi connectivity index (χ2n) is 7.43. The predicted octanol–water partition coefficient (Wildman–Crippen LogP) is 1.70. The highest BCUT2D eigenvalue weighted by Gasteiger charge is 2.70. The highest BCUT2D eigenvalue weighted by molar-refractivity contribution is 5.23. The van der Waals surface area contributed by atoms with Crippen molar-refractivity contribution in [3.63, 3.8) is 0 Å². The molecule has 0 amide bonds. The van der Waals surface area contributed by atoms with Gasteiger partial charge >= 0.3 is 0 Å². The maximum Gasteiger partial charge on any atom is 0.0489 e. The topological polar surface area (TPSA) is 49.5 Å². The Morgan fingerprint density at radius 1 is 1.33 bits per heavy atom. The van der Waals surface area contributed by atoms with Gasteiger partial charge in [0.25, 0.3) is 0 Å². The molecular weight excluding hydrogens is 224 g/mol. The lowest BCUT2D eigenvalue weighted by molar-refractivity contribution is -0.0723. The third-order valence-corrected chi connectivity index (χ3v) is 6.93. The van der Waals surface area contributed by atoms with E-state index >= 15 is 0 Å². The second kappa shape index (κ2) is 4.19. The Labute approximate surface area is 112 Å². The summed E-state index contributed by atoms with van der Waals surface area (Å²) in [5, 5.41) is 9.81. The van der Waals surface area contributed by atoms with Crippen molar-refractivity contribution in [2.75, 3.05) is 27.2 Å². The van der Waals surface area contributed by atoms with E-state index in [1.807, 2.05) is 0 Å². The van der Waals surface area contributed by atoms with Crippen molar-refractivity contribution in [2.45, 2.75) is 45.6 Å². The molecule has 106 valence electrons. The SMILES string of the molecule is CN(C)[C@]1([C@H](CN)CO)C[C@@H]2CC[C@@]1(C)C2(C)C. The molecule has 0 aromatic carbocycles. The first-order valence-corrected chi connectivity index (χ1v) is 7.26. The van der Waals surface area contributed by atoms with E-state index in [4.69, 9.17) is 5.73 Å². The first-order chi connectivity index (χ1) is 8.28. The summed E-state index contributed by atoms with van der Waals surface area (Å²) in [6, 6.07) is 0. The number of rotatable bonds is 4. The van der Waals surface area contributed by atoms with Crippen LogP contribution in [0.1, 0.15) is 40.0 Å². The number of aliphatic hydroxyl groups is 1. The molecule has 3 heteroatoms. The van der Waals surface area contributed by atoms with E-state index < -0.39 is 0 Å². The monoisotopic (exact) mass is 254 g/mol. The molecule has 0 saturated heterocycles. The quantitative estimate of drug-likeness (QED) is 0.803. The van der Waals surface area contributed by atoms with Gasteiger partial charge in [0, 0.05) is 18.1 Å². The maximum absolute atomic E-state index is 9.81. The van der Waals surface area contributed by atoms with Crippen LogP contribution in [0.3, 0.4) is 0 Å². The van der Waals surface area contributed by atoms with Crippen LogP contribution in [0.15, 0.2) is 0 Å². The number of fused-ring (bicyclic) bond motifs is 2. The zero-order valence-electron chi connectivity index (χ0n) is 12.7. The molecule has 0 radical (unpaired) electrons. The van der Waals surface area contributed by atoms with Crippen molar-refractivity contribution >= 4 is 0 Å². The molecule has 2 saturated carbocycles. The summed E-state index contributed by atoms with van der Waals surface area (Å²) in [6.45, 7) is 8.04. The summed E-state index contributed by atoms with van der Waals surface area (Å²) in [5.74, 6) is 0.951. The van der Waals surface area contributed by atoms with Crippen LogP contribution in [0.5, 0.6) is 0 Å². The minimum Gasteiger partial charge on any atom is -0.396 e. The van der Waals surface area contributed by atoms with E-state index in [1.165, 1.54) is 19.3 Å². The molecule has 2 aliphatic carbocycles. The number of hydrogen-bond donors (Lipinski definition) is 2. The van der Waals surface area contributed by atoms with E-state index in [0.717, 1.165) is 5.92 Å². The third-order valence-electron chi connectivity index (χ3n) is 6.93. The summed E-state index contributed by atoms with van der Waals surface area (Å²) in [4.78, 5) is 2.36. The normalized spacial score (nSPS) is 43.7. The lowest BCUT2D eigenvalue weighted by Gasteiger charge is -2.56. The molecule has 0 heterocycles. The molecule has 3 N–H and O–H groups in total. The molecule has 0 spiro atoms. The molecule has 4 atom stereocenters. The summed E-state index contributed by atoms with van der Waals surface area (Å²) in [5.41, 5.74) is 6.64. The van der Waals surface area contributed by atoms with E-state index in [-0.39, 0.29) is 23.5 Å². The first-order valence-electron chi connectivity index (χ1n) is 7.26. The molecule has 18 heavy (non-hydrogen) atoms. The average molecular weight is 254 g/mol. The Morgan fingerprint density at radius 3 is 2.22 bits per heavy atom. The van der Waals surface area contributed by atoms with Gasteiger partial charge in [-0.25, -0.2) is 0 Å².